The van der Waals surface area contributed by atoms with E-state index in [2.05, 4.69) is 19.4 Å². The number of hydrogen-bond acceptors (Lipinski definition) is 6. The molecule has 4 rings (SSSR count). The fourth-order valence-electron chi connectivity index (χ4n) is 2.95. The van der Waals surface area contributed by atoms with E-state index in [0.717, 1.165) is 11.1 Å². The quantitative estimate of drug-likeness (QED) is 0.477. The molecule has 31 heavy (non-hydrogen) atoms. The van der Waals surface area contributed by atoms with Crippen LogP contribution in [-0.4, -0.2) is 59.5 Å². The summed E-state index contributed by atoms with van der Waals surface area (Å²) in [5.41, 5.74) is 3.06. The second-order valence-electron chi connectivity index (χ2n) is 7.17. The summed E-state index contributed by atoms with van der Waals surface area (Å²) in [7, 11) is 0.396. The van der Waals surface area contributed by atoms with Crippen LogP contribution in [0.25, 0.3) is 22.3 Å². The first kappa shape index (κ1) is 20.8. The third-order valence-corrected chi connectivity index (χ3v) is 6.64. The van der Waals surface area contributed by atoms with Crippen LogP contribution in [0.1, 0.15) is 15.9 Å². The molecule has 9 nitrogen and oxygen atoms in total. The zero-order valence-electron chi connectivity index (χ0n) is 17.3. The molecule has 0 aliphatic heterocycles. The van der Waals surface area contributed by atoms with E-state index in [1.165, 1.54) is 10.6 Å². The van der Waals surface area contributed by atoms with Crippen molar-refractivity contribution >= 4 is 26.9 Å². The van der Waals surface area contributed by atoms with Gasteiger partial charge < -0.3 is 0 Å². The standard InChI is InChI=1S/C21H21N7O2S/c1-27(2)31(3,30)26-21(29)17-10-19(16-7-5-9-23-12-16)25-20-18(17)13-24-28(20)14-15-6-4-8-22-11-15/h4-13H,14H2,1-3H3. The molecule has 1 amide bonds. The minimum Gasteiger partial charge on any atom is -0.266 e. The van der Waals surface area contributed by atoms with Crippen LogP contribution in [0.4, 0.5) is 0 Å². The molecule has 0 bridgehead atoms. The van der Waals surface area contributed by atoms with Gasteiger partial charge in [0, 0.05) is 50.7 Å². The number of amides is 1. The average molecular weight is 436 g/mol. The maximum absolute atomic E-state index is 13.1. The Hall–Kier alpha value is -3.50. The first-order valence-corrected chi connectivity index (χ1v) is 11.3. The van der Waals surface area contributed by atoms with Crippen molar-refractivity contribution in [3.05, 3.63) is 72.4 Å². The third kappa shape index (κ3) is 4.35. The second-order valence-corrected chi connectivity index (χ2v) is 9.61. The van der Waals surface area contributed by atoms with Crippen molar-refractivity contribution in [2.24, 2.45) is 4.36 Å². The molecule has 0 fully saturated rings. The molecule has 0 radical (unpaired) electrons. The van der Waals surface area contributed by atoms with Crippen molar-refractivity contribution in [2.45, 2.75) is 6.54 Å². The maximum Gasteiger partial charge on any atom is 0.286 e. The highest BCUT2D eigenvalue weighted by Crippen LogP contribution is 2.26. The molecule has 1 unspecified atom stereocenters. The number of carbonyl (C=O) groups is 1. The highest BCUT2D eigenvalue weighted by atomic mass is 32.2. The molecule has 4 aromatic rings. The average Bonchev–Trinajstić information content (AvgIpc) is 3.16. The molecule has 0 spiro atoms. The minimum atomic E-state index is -2.84. The summed E-state index contributed by atoms with van der Waals surface area (Å²) < 4.78 is 19.8. The predicted molar refractivity (Wildman–Crippen MR) is 119 cm³/mol. The van der Waals surface area contributed by atoms with Gasteiger partial charge in [-0.2, -0.15) is 5.10 Å². The molecule has 0 aliphatic carbocycles. The summed E-state index contributed by atoms with van der Waals surface area (Å²) in [5, 5.41) is 4.98. The van der Waals surface area contributed by atoms with Crippen molar-refractivity contribution in [1.29, 1.82) is 0 Å². The van der Waals surface area contributed by atoms with Gasteiger partial charge in [0.15, 0.2) is 5.65 Å². The van der Waals surface area contributed by atoms with Crippen molar-refractivity contribution < 1.29 is 9.00 Å². The van der Waals surface area contributed by atoms with Gasteiger partial charge in [-0.3, -0.25) is 14.8 Å². The van der Waals surface area contributed by atoms with E-state index in [1.54, 1.807) is 61.9 Å². The van der Waals surface area contributed by atoms with Gasteiger partial charge >= 0.3 is 0 Å². The number of fused-ring (bicyclic) bond motifs is 1. The highest BCUT2D eigenvalue weighted by molar-refractivity contribution is 7.90. The number of nitrogens with zero attached hydrogens (tertiary/aromatic N) is 7. The summed E-state index contributed by atoms with van der Waals surface area (Å²) in [6, 6.07) is 9.09. The lowest BCUT2D eigenvalue weighted by atomic mass is 10.1. The minimum absolute atomic E-state index is 0.290. The summed E-state index contributed by atoms with van der Waals surface area (Å²) in [5.74, 6) is -0.584. The fourth-order valence-corrected chi connectivity index (χ4v) is 3.52. The monoisotopic (exact) mass is 435 g/mol. The predicted octanol–water partition coefficient (Wildman–Crippen LogP) is 2.65. The van der Waals surface area contributed by atoms with Crippen LogP contribution in [0, 0.1) is 0 Å². The molecule has 0 N–H and O–H groups in total. The third-order valence-electron chi connectivity index (χ3n) is 4.78. The topological polar surface area (TPSA) is 106 Å². The number of pyridine rings is 3. The number of carbonyl (C=O) groups excluding carboxylic acids is 1. The summed E-state index contributed by atoms with van der Waals surface area (Å²) >= 11 is 0. The molecule has 0 saturated heterocycles. The SMILES string of the molecule is CN(C)S(C)(=O)=NC(=O)c1cc(-c2cccnc2)nc2c1cnn2Cc1cccnc1. The summed E-state index contributed by atoms with van der Waals surface area (Å²) in [4.78, 5) is 26.1. The van der Waals surface area contributed by atoms with Crippen LogP contribution in [0.2, 0.25) is 0 Å². The van der Waals surface area contributed by atoms with Crippen molar-refractivity contribution in [3.8, 4) is 11.3 Å². The normalized spacial score (nSPS) is 13.3. The first-order valence-electron chi connectivity index (χ1n) is 9.45. The van der Waals surface area contributed by atoms with Gasteiger partial charge in [0.2, 0.25) is 0 Å². The fraction of sp³-hybridized carbons (Fsp3) is 0.190. The van der Waals surface area contributed by atoms with Crippen LogP contribution in [0.3, 0.4) is 0 Å². The maximum atomic E-state index is 13.1. The molecule has 4 heterocycles. The lowest BCUT2D eigenvalue weighted by molar-refractivity contribution is 0.101. The van der Waals surface area contributed by atoms with Crippen LogP contribution in [0.15, 0.2) is 65.7 Å². The van der Waals surface area contributed by atoms with E-state index < -0.39 is 15.8 Å². The largest absolute Gasteiger partial charge is 0.286 e. The second kappa shape index (κ2) is 8.32. The van der Waals surface area contributed by atoms with Crippen molar-refractivity contribution in [2.75, 3.05) is 20.4 Å². The Morgan fingerprint density at radius 2 is 1.87 bits per heavy atom. The van der Waals surface area contributed by atoms with Gasteiger partial charge in [-0.15, -0.1) is 4.36 Å². The van der Waals surface area contributed by atoms with Gasteiger partial charge in [0.25, 0.3) is 5.91 Å². The molecule has 10 heteroatoms. The Morgan fingerprint density at radius 3 is 2.52 bits per heavy atom. The number of aromatic nitrogens is 5. The van der Waals surface area contributed by atoms with Gasteiger partial charge in [0.05, 0.1) is 29.4 Å². The lowest BCUT2D eigenvalue weighted by Crippen LogP contribution is -2.21. The summed E-state index contributed by atoms with van der Waals surface area (Å²) in [6.07, 6.45) is 9.81. The molecular weight excluding hydrogens is 414 g/mol. The van der Waals surface area contributed by atoms with Gasteiger partial charge in [-0.25, -0.2) is 18.2 Å². The Bertz CT molecular complexity index is 1360. The Morgan fingerprint density at radius 1 is 1.13 bits per heavy atom. The molecule has 0 aliphatic rings. The van der Waals surface area contributed by atoms with E-state index in [9.17, 15) is 9.00 Å². The zero-order chi connectivity index (χ0) is 22.0. The van der Waals surface area contributed by atoms with E-state index >= 15 is 0 Å². The molecular formula is C21H21N7O2S. The first-order chi connectivity index (χ1) is 14.8. The smallest absolute Gasteiger partial charge is 0.266 e. The van der Waals surface area contributed by atoms with Crippen LogP contribution >= 0.6 is 0 Å². The molecule has 0 aromatic carbocycles. The number of rotatable bonds is 5. The Labute approximate surface area is 180 Å². The van der Waals surface area contributed by atoms with Crippen LogP contribution < -0.4 is 0 Å². The molecule has 1 atom stereocenters. The Kier molecular flexibility index (Phi) is 5.57. The van der Waals surface area contributed by atoms with E-state index in [4.69, 9.17) is 4.98 Å². The number of hydrogen-bond donors (Lipinski definition) is 0. The molecule has 0 saturated carbocycles. The van der Waals surface area contributed by atoms with Crippen LogP contribution in [0.5, 0.6) is 0 Å². The van der Waals surface area contributed by atoms with E-state index in [1.807, 2.05) is 18.2 Å². The van der Waals surface area contributed by atoms with Crippen LogP contribution in [-0.2, 0) is 16.5 Å². The van der Waals surface area contributed by atoms with Crippen molar-refractivity contribution in [1.82, 2.24) is 29.0 Å². The van der Waals surface area contributed by atoms with Gasteiger partial charge in [-0.05, 0) is 29.8 Å². The lowest BCUT2D eigenvalue weighted by Gasteiger charge is -2.12. The Balaban J connectivity index is 1.90. The van der Waals surface area contributed by atoms with Gasteiger partial charge in [-0.1, -0.05) is 6.07 Å². The van der Waals surface area contributed by atoms with Crippen molar-refractivity contribution in [3.63, 3.8) is 0 Å². The molecule has 158 valence electrons. The van der Waals surface area contributed by atoms with E-state index in [-0.39, 0.29) is 5.56 Å². The molecule has 4 aromatic heterocycles. The highest BCUT2D eigenvalue weighted by Gasteiger charge is 2.19. The van der Waals surface area contributed by atoms with Gasteiger partial charge in [0.1, 0.15) is 9.92 Å². The van der Waals surface area contributed by atoms with E-state index in [0.29, 0.717) is 23.3 Å². The zero-order valence-corrected chi connectivity index (χ0v) is 18.2. The summed E-state index contributed by atoms with van der Waals surface area (Å²) in [6.45, 7) is 0.438.